The van der Waals surface area contributed by atoms with Gasteiger partial charge in [-0.15, -0.1) is 0 Å². The predicted molar refractivity (Wildman–Crippen MR) is 79.4 cm³/mol. The van der Waals surface area contributed by atoms with Crippen LogP contribution >= 0.6 is 0 Å². The maximum atomic E-state index is 12.3. The van der Waals surface area contributed by atoms with Crippen LogP contribution in [0.5, 0.6) is 11.5 Å². The van der Waals surface area contributed by atoms with Gasteiger partial charge in [-0.3, -0.25) is 4.79 Å². The molecule has 0 aromatic heterocycles. The highest BCUT2D eigenvalue weighted by atomic mass is 16.9. The van der Waals surface area contributed by atoms with E-state index in [1.54, 1.807) is 24.3 Å². The summed E-state index contributed by atoms with van der Waals surface area (Å²) in [6, 6.07) is 12.4. The van der Waals surface area contributed by atoms with Gasteiger partial charge in [-0.05, 0) is 24.3 Å². The predicted octanol–water partition coefficient (Wildman–Crippen LogP) is 2.43. The Labute approximate surface area is 136 Å². The number of carbonyl (C=O) groups excluding carboxylic acids is 2. The summed E-state index contributed by atoms with van der Waals surface area (Å²) in [7, 11) is 0. The summed E-state index contributed by atoms with van der Waals surface area (Å²) in [5.74, 6) is -0.969. The Kier molecular flexibility index (Phi) is 5.45. The standard InChI is InChI=1S/C16H14NO7/c1-11(18)23-15-8-3-2-7-14(15)16(19)24-13-6-4-5-12(9-13)10-22-17(20)21/h2-9H,10H2,1H3,(H,20,21)/q+1. The maximum Gasteiger partial charge on any atom is 0.475 e. The maximum absolute atomic E-state index is 12.3. The molecule has 0 fully saturated rings. The first-order valence-electron chi connectivity index (χ1n) is 6.83. The van der Waals surface area contributed by atoms with E-state index in [0.717, 1.165) is 0 Å². The summed E-state index contributed by atoms with van der Waals surface area (Å²) in [5, 5.41) is 7.75. The Morgan fingerprint density at radius 2 is 1.83 bits per heavy atom. The lowest BCUT2D eigenvalue weighted by Crippen LogP contribution is -2.12. The van der Waals surface area contributed by atoms with Gasteiger partial charge in [0, 0.05) is 12.5 Å². The molecule has 0 radical (unpaired) electrons. The molecular formula is C16H14NO7+. The van der Waals surface area contributed by atoms with Crippen LogP contribution in [0.1, 0.15) is 22.8 Å². The number of hydrogen-bond donors (Lipinski definition) is 1. The van der Waals surface area contributed by atoms with Gasteiger partial charge in [-0.2, -0.15) is 4.84 Å². The molecule has 0 aliphatic carbocycles. The quantitative estimate of drug-likeness (QED) is 0.492. The lowest BCUT2D eigenvalue weighted by molar-refractivity contribution is -0.979. The molecule has 0 saturated heterocycles. The van der Waals surface area contributed by atoms with E-state index >= 15 is 0 Å². The summed E-state index contributed by atoms with van der Waals surface area (Å²) in [6.07, 6.45) is 0. The van der Waals surface area contributed by atoms with Gasteiger partial charge in [0.1, 0.15) is 22.0 Å². The van der Waals surface area contributed by atoms with Crippen molar-refractivity contribution in [1.82, 2.24) is 0 Å². The second kappa shape index (κ2) is 7.73. The minimum atomic E-state index is -0.711. The molecule has 0 heterocycles. The van der Waals surface area contributed by atoms with Crippen LogP contribution in [0, 0.1) is 4.91 Å². The summed E-state index contributed by atoms with van der Waals surface area (Å²) < 4.78 is 10.2. The Morgan fingerprint density at radius 1 is 1.08 bits per heavy atom. The monoisotopic (exact) mass is 332 g/mol. The SMILES string of the molecule is CC(=O)Oc1ccccc1C(=O)Oc1cccc(CO[N+](=O)O)c1. The van der Waals surface area contributed by atoms with Crippen molar-refractivity contribution in [2.75, 3.05) is 0 Å². The van der Waals surface area contributed by atoms with Crippen molar-refractivity contribution in [3.05, 3.63) is 64.6 Å². The molecule has 0 aliphatic rings. The minimum Gasteiger partial charge on any atom is -0.426 e. The van der Waals surface area contributed by atoms with Crippen molar-refractivity contribution >= 4 is 11.9 Å². The fraction of sp³-hybridized carbons (Fsp3) is 0.125. The van der Waals surface area contributed by atoms with Gasteiger partial charge < -0.3 is 9.47 Å². The lowest BCUT2D eigenvalue weighted by Gasteiger charge is -2.09. The molecule has 2 rings (SSSR count). The van der Waals surface area contributed by atoms with Crippen LogP contribution in [-0.2, 0) is 16.2 Å². The number of hydrogen-bond acceptors (Lipinski definition) is 6. The summed E-state index contributed by atoms with van der Waals surface area (Å²) in [4.78, 5) is 38.0. The number of esters is 2. The van der Waals surface area contributed by atoms with Gasteiger partial charge in [-0.1, -0.05) is 24.3 Å². The normalized spacial score (nSPS) is 9.88. The third kappa shape index (κ3) is 4.80. The van der Waals surface area contributed by atoms with Gasteiger partial charge in [0.25, 0.3) is 0 Å². The number of nitrogens with zero attached hydrogens (tertiary/aromatic N) is 1. The number of ether oxygens (including phenoxy) is 2. The zero-order valence-corrected chi connectivity index (χ0v) is 12.7. The van der Waals surface area contributed by atoms with Crippen molar-refractivity contribution < 1.29 is 34.2 Å². The smallest absolute Gasteiger partial charge is 0.426 e. The number of benzene rings is 2. The second-order valence-electron chi connectivity index (χ2n) is 4.64. The van der Waals surface area contributed by atoms with Crippen molar-refractivity contribution in [2.45, 2.75) is 13.5 Å². The molecular weight excluding hydrogens is 318 g/mol. The minimum absolute atomic E-state index is 0.0930. The zero-order chi connectivity index (χ0) is 17.5. The van der Waals surface area contributed by atoms with Crippen molar-refractivity contribution in [3.63, 3.8) is 0 Å². The highest BCUT2D eigenvalue weighted by molar-refractivity contribution is 5.94. The van der Waals surface area contributed by atoms with Crippen molar-refractivity contribution in [2.24, 2.45) is 0 Å². The lowest BCUT2D eigenvalue weighted by atomic mass is 10.2. The van der Waals surface area contributed by atoms with Crippen LogP contribution in [-0.4, -0.2) is 22.2 Å². The zero-order valence-electron chi connectivity index (χ0n) is 12.7. The highest BCUT2D eigenvalue weighted by Gasteiger charge is 2.16. The Balaban J connectivity index is 2.14. The summed E-state index contributed by atoms with van der Waals surface area (Å²) >= 11 is 0. The average molecular weight is 332 g/mol. The molecule has 1 N–H and O–H groups in total. The van der Waals surface area contributed by atoms with E-state index in [1.807, 2.05) is 0 Å². The van der Waals surface area contributed by atoms with Crippen LogP contribution in [0.15, 0.2) is 48.5 Å². The van der Waals surface area contributed by atoms with Crippen LogP contribution in [0.4, 0.5) is 0 Å². The van der Waals surface area contributed by atoms with E-state index in [4.69, 9.17) is 14.7 Å². The summed E-state index contributed by atoms with van der Waals surface area (Å²) in [5.41, 5.74) is 0.596. The van der Waals surface area contributed by atoms with Gasteiger partial charge in [0.15, 0.2) is 6.61 Å². The van der Waals surface area contributed by atoms with Crippen molar-refractivity contribution in [1.29, 1.82) is 0 Å². The molecule has 0 spiro atoms. The third-order valence-electron chi connectivity index (χ3n) is 2.81. The molecule has 24 heavy (non-hydrogen) atoms. The van der Waals surface area contributed by atoms with E-state index < -0.39 is 17.0 Å². The largest absolute Gasteiger partial charge is 0.475 e. The molecule has 0 amide bonds. The first-order chi connectivity index (χ1) is 11.5. The molecule has 0 bridgehead atoms. The molecule has 2 aromatic carbocycles. The molecule has 8 heteroatoms. The first-order valence-corrected chi connectivity index (χ1v) is 6.83. The molecule has 0 unspecified atom stereocenters. The van der Waals surface area contributed by atoms with Gasteiger partial charge in [0.2, 0.25) is 0 Å². The fourth-order valence-corrected chi connectivity index (χ4v) is 1.87. The van der Waals surface area contributed by atoms with Crippen LogP contribution in [0.25, 0.3) is 0 Å². The molecule has 0 atom stereocenters. The van der Waals surface area contributed by atoms with Gasteiger partial charge in [-0.25, -0.2) is 10.0 Å². The molecule has 0 saturated carbocycles. The second-order valence-corrected chi connectivity index (χ2v) is 4.64. The van der Waals surface area contributed by atoms with Crippen LogP contribution in [0.2, 0.25) is 0 Å². The molecule has 8 nitrogen and oxygen atoms in total. The van der Waals surface area contributed by atoms with Crippen LogP contribution < -0.4 is 9.47 Å². The number of para-hydroxylation sites is 1. The Morgan fingerprint density at radius 3 is 2.54 bits per heavy atom. The average Bonchev–Trinajstić information content (AvgIpc) is 2.53. The molecule has 124 valence electrons. The van der Waals surface area contributed by atoms with E-state index in [1.165, 1.54) is 31.2 Å². The first kappa shape index (κ1) is 16.9. The van der Waals surface area contributed by atoms with E-state index in [2.05, 4.69) is 4.84 Å². The van der Waals surface area contributed by atoms with Crippen LogP contribution in [0.3, 0.4) is 0 Å². The van der Waals surface area contributed by atoms with E-state index in [-0.39, 0.29) is 23.7 Å². The third-order valence-corrected chi connectivity index (χ3v) is 2.81. The fourth-order valence-electron chi connectivity index (χ4n) is 1.87. The van der Waals surface area contributed by atoms with E-state index in [9.17, 15) is 14.5 Å². The summed E-state index contributed by atoms with van der Waals surface area (Å²) in [6.45, 7) is 1.03. The van der Waals surface area contributed by atoms with E-state index in [0.29, 0.717) is 5.56 Å². The molecule has 2 aromatic rings. The Bertz CT molecular complexity index is 773. The number of rotatable bonds is 6. The number of carbonyl (C=O) groups is 2. The van der Waals surface area contributed by atoms with Crippen molar-refractivity contribution in [3.8, 4) is 11.5 Å². The highest BCUT2D eigenvalue weighted by Crippen LogP contribution is 2.21. The topological polar surface area (TPSA) is 102 Å². The Hall–Kier alpha value is -3.42. The van der Waals surface area contributed by atoms with Gasteiger partial charge >= 0.3 is 17.0 Å². The van der Waals surface area contributed by atoms with Gasteiger partial charge in [0.05, 0.1) is 0 Å². The molecule has 0 aliphatic heterocycles.